The van der Waals surface area contributed by atoms with Crippen molar-refractivity contribution in [1.29, 1.82) is 0 Å². The van der Waals surface area contributed by atoms with Gasteiger partial charge in [-0.2, -0.15) is 0 Å². The van der Waals surface area contributed by atoms with E-state index in [0.717, 1.165) is 24.1 Å². The Labute approximate surface area is 94.1 Å². The lowest BCUT2D eigenvalue weighted by atomic mass is 9.79. The molecule has 0 saturated carbocycles. The van der Waals surface area contributed by atoms with E-state index in [1.165, 1.54) is 5.56 Å². The average molecular weight is 215 g/mol. The third kappa shape index (κ3) is 1.28. The molecule has 2 aliphatic rings. The maximum atomic E-state index is 11.3. The average Bonchev–Trinajstić information content (AvgIpc) is 2.27. The maximum absolute atomic E-state index is 11.3. The van der Waals surface area contributed by atoms with E-state index in [4.69, 9.17) is 4.74 Å². The van der Waals surface area contributed by atoms with Gasteiger partial charge in [-0.15, -0.1) is 0 Å². The minimum atomic E-state index is -0.510. The molecule has 16 heavy (non-hydrogen) atoms. The van der Waals surface area contributed by atoms with E-state index in [1.54, 1.807) is 0 Å². The molecule has 1 aliphatic heterocycles. The highest BCUT2D eigenvalue weighted by atomic mass is 16.6. The van der Waals surface area contributed by atoms with Gasteiger partial charge < -0.3 is 4.74 Å². The van der Waals surface area contributed by atoms with Crippen molar-refractivity contribution in [1.82, 2.24) is 0 Å². The van der Waals surface area contributed by atoms with Gasteiger partial charge in [-0.05, 0) is 25.3 Å². The van der Waals surface area contributed by atoms with Crippen LogP contribution in [0.25, 0.3) is 0 Å². The van der Waals surface area contributed by atoms with Crippen LogP contribution in [-0.4, -0.2) is 23.8 Å². The van der Waals surface area contributed by atoms with Gasteiger partial charge in [0.05, 0.1) is 5.71 Å². The monoisotopic (exact) mass is 215 g/mol. The summed E-state index contributed by atoms with van der Waals surface area (Å²) in [5, 5.41) is 0. The van der Waals surface area contributed by atoms with Crippen LogP contribution in [0.5, 0.6) is 0 Å². The fourth-order valence-corrected chi connectivity index (χ4v) is 2.52. The topological polar surface area (TPSA) is 38.7 Å². The van der Waals surface area contributed by atoms with Gasteiger partial charge in [-0.25, -0.2) is 0 Å². The molecule has 1 unspecified atom stereocenters. The molecule has 0 amide bonds. The normalized spacial score (nSPS) is 27.6. The van der Waals surface area contributed by atoms with Crippen molar-refractivity contribution in [2.24, 2.45) is 4.99 Å². The van der Waals surface area contributed by atoms with Crippen LogP contribution in [0.1, 0.15) is 24.5 Å². The van der Waals surface area contributed by atoms with Gasteiger partial charge in [0.2, 0.25) is 0 Å². The molecular formula is C13H13NO2. The lowest BCUT2D eigenvalue weighted by Gasteiger charge is -2.38. The Balaban J connectivity index is 2.16. The van der Waals surface area contributed by atoms with Crippen LogP contribution in [0, 0.1) is 0 Å². The third-order valence-electron chi connectivity index (χ3n) is 3.35. The van der Waals surface area contributed by atoms with E-state index < -0.39 is 5.60 Å². The Morgan fingerprint density at radius 2 is 2.19 bits per heavy atom. The van der Waals surface area contributed by atoms with Crippen molar-refractivity contribution in [2.75, 3.05) is 6.54 Å². The van der Waals surface area contributed by atoms with Crippen LogP contribution in [0.15, 0.2) is 29.3 Å². The molecule has 1 aromatic rings. The zero-order valence-corrected chi connectivity index (χ0v) is 9.19. The predicted octanol–water partition coefficient (Wildman–Crippen LogP) is 1.74. The van der Waals surface area contributed by atoms with E-state index >= 15 is 0 Å². The van der Waals surface area contributed by atoms with E-state index in [1.807, 2.05) is 19.1 Å². The van der Waals surface area contributed by atoms with Gasteiger partial charge in [0.25, 0.3) is 0 Å². The zero-order chi connectivity index (χ0) is 11.2. The number of ether oxygens (including phenoxy) is 1. The Bertz CT molecular complexity index is 492. The van der Waals surface area contributed by atoms with Crippen molar-refractivity contribution < 1.29 is 9.53 Å². The van der Waals surface area contributed by atoms with Crippen molar-refractivity contribution in [3.05, 3.63) is 35.4 Å². The lowest BCUT2D eigenvalue weighted by Crippen LogP contribution is -2.48. The number of benzene rings is 1. The Hall–Kier alpha value is -1.64. The molecule has 82 valence electrons. The minimum absolute atomic E-state index is 0.152. The summed E-state index contributed by atoms with van der Waals surface area (Å²) in [6.07, 6.45) is 1.77. The summed E-state index contributed by atoms with van der Waals surface area (Å²) in [5.74, 6) is -0.217. The first-order valence-electron chi connectivity index (χ1n) is 5.54. The molecule has 0 aromatic heterocycles. The number of nitrogens with zero attached hydrogens (tertiary/aromatic N) is 1. The summed E-state index contributed by atoms with van der Waals surface area (Å²) >= 11 is 0. The number of aliphatic imine (C=N–C) groups is 1. The van der Waals surface area contributed by atoms with E-state index in [-0.39, 0.29) is 12.5 Å². The summed E-state index contributed by atoms with van der Waals surface area (Å²) in [7, 11) is 0. The van der Waals surface area contributed by atoms with Gasteiger partial charge in [0.1, 0.15) is 6.54 Å². The molecule has 3 heteroatoms. The molecule has 3 nitrogen and oxygen atoms in total. The summed E-state index contributed by atoms with van der Waals surface area (Å²) in [6, 6.07) is 8.22. The largest absolute Gasteiger partial charge is 0.451 e. The molecule has 0 bridgehead atoms. The molecule has 0 saturated heterocycles. The van der Waals surface area contributed by atoms with Gasteiger partial charge in [-0.3, -0.25) is 9.79 Å². The lowest BCUT2D eigenvalue weighted by molar-refractivity contribution is -0.152. The Morgan fingerprint density at radius 3 is 3.06 bits per heavy atom. The molecular weight excluding hydrogens is 202 g/mol. The number of esters is 1. The van der Waals surface area contributed by atoms with Crippen molar-refractivity contribution in [3.63, 3.8) is 0 Å². The highest BCUT2D eigenvalue weighted by Gasteiger charge is 2.41. The summed E-state index contributed by atoms with van der Waals surface area (Å²) in [5.41, 5.74) is 2.87. The van der Waals surface area contributed by atoms with Crippen LogP contribution in [0.4, 0.5) is 0 Å². The summed E-state index contributed by atoms with van der Waals surface area (Å²) < 4.78 is 5.46. The molecule has 0 fully saturated rings. The maximum Gasteiger partial charge on any atom is 0.328 e. The van der Waals surface area contributed by atoms with Crippen molar-refractivity contribution in [3.8, 4) is 0 Å². The molecule has 3 rings (SSSR count). The molecule has 1 atom stereocenters. The van der Waals surface area contributed by atoms with Crippen LogP contribution >= 0.6 is 0 Å². The minimum Gasteiger partial charge on any atom is -0.451 e. The fraction of sp³-hybridized carbons (Fsp3) is 0.385. The second-order valence-electron chi connectivity index (χ2n) is 4.53. The van der Waals surface area contributed by atoms with Gasteiger partial charge >= 0.3 is 5.97 Å². The first-order chi connectivity index (χ1) is 7.69. The second kappa shape index (κ2) is 3.17. The highest BCUT2D eigenvalue weighted by Crippen LogP contribution is 2.33. The molecule has 1 aliphatic carbocycles. The quantitative estimate of drug-likeness (QED) is 0.618. The molecule has 0 radical (unpaired) electrons. The van der Waals surface area contributed by atoms with Crippen LogP contribution < -0.4 is 0 Å². The number of hydrogen-bond acceptors (Lipinski definition) is 3. The Kier molecular flexibility index (Phi) is 1.90. The van der Waals surface area contributed by atoms with E-state index in [0.29, 0.717) is 0 Å². The summed E-state index contributed by atoms with van der Waals surface area (Å²) in [6.45, 7) is 2.11. The van der Waals surface area contributed by atoms with Crippen molar-refractivity contribution in [2.45, 2.75) is 25.4 Å². The van der Waals surface area contributed by atoms with E-state index in [2.05, 4.69) is 17.1 Å². The number of hydrogen-bond donors (Lipinski definition) is 0. The van der Waals surface area contributed by atoms with Crippen molar-refractivity contribution >= 4 is 11.7 Å². The predicted molar refractivity (Wildman–Crippen MR) is 60.7 cm³/mol. The van der Waals surface area contributed by atoms with Gasteiger partial charge in [0, 0.05) is 5.56 Å². The molecule has 0 N–H and O–H groups in total. The zero-order valence-electron chi connectivity index (χ0n) is 9.19. The first-order valence-corrected chi connectivity index (χ1v) is 5.54. The standard InChI is InChI=1S/C13H13NO2/c1-13-7-6-9-4-2-3-5-10(9)12(13)14-8-11(15)16-13/h2-5H,6-8H2,1H3. The third-order valence-corrected chi connectivity index (χ3v) is 3.35. The molecule has 0 spiro atoms. The first kappa shape index (κ1) is 9.58. The second-order valence-corrected chi connectivity index (χ2v) is 4.53. The van der Waals surface area contributed by atoms with E-state index in [9.17, 15) is 4.79 Å². The fourth-order valence-electron chi connectivity index (χ4n) is 2.52. The van der Waals surface area contributed by atoms with Gasteiger partial charge in [0.15, 0.2) is 5.60 Å². The molecule has 1 aromatic carbocycles. The molecule has 1 heterocycles. The van der Waals surface area contributed by atoms with Crippen LogP contribution in [0.3, 0.4) is 0 Å². The van der Waals surface area contributed by atoms with Crippen LogP contribution in [-0.2, 0) is 16.0 Å². The van der Waals surface area contributed by atoms with Crippen LogP contribution in [0.2, 0.25) is 0 Å². The number of carbonyl (C=O) groups excluding carboxylic acids is 1. The summed E-state index contributed by atoms with van der Waals surface area (Å²) in [4.78, 5) is 15.7. The number of aryl methyl sites for hydroxylation is 1. The number of carbonyl (C=O) groups is 1. The number of rotatable bonds is 0. The highest BCUT2D eigenvalue weighted by molar-refractivity contribution is 6.11. The SMILES string of the molecule is CC12CCc3ccccc3C1=NCC(=O)O2. The van der Waals surface area contributed by atoms with Gasteiger partial charge in [-0.1, -0.05) is 24.3 Å². The number of fused-ring (bicyclic) bond motifs is 3. The Morgan fingerprint density at radius 1 is 1.38 bits per heavy atom. The smallest absolute Gasteiger partial charge is 0.328 e.